The molecular formula is C10H18N4. The van der Waals surface area contributed by atoms with Gasteiger partial charge in [0.2, 0.25) is 0 Å². The second-order valence-electron chi connectivity index (χ2n) is 3.75. The number of pyridine rings is 1. The molecule has 14 heavy (non-hydrogen) atoms. The molecule has 1 atom stereocenters. The molecule has 0 aromatic carbocycles. The van der Waals surface area contributed by atoms with E-state index >= 15 is 0 Å². The fourth-order valence-electron chi connectivity index (χ4n) is 1.37. The third-order valence-corrected chi connectivity index (χ3v) is 1.86. The van der Waals surface area contributed by atoms with E-state index in [0.29, 0.717) is 11.7 Å². The standard InChI is InChI=1S/C10H18N4/c1-8(7-14(2)3)13-10-9(11)5-4-6-12-10/h4-6,8H,7,11H2,1-3H3,(H,12,13). The van der Waals surface area contributed by atoms with E-state index in [2.05, 4.69) is 22.1 Å². The Morgan fingerprint density at radius 3 is 2.86 bits per heavy atom. The van der Waals surface area contributed by atoms with Crippen LogP contribution in [-0.4, -0.2) is 36.6 Å². The van der Waals surface area contributed by atoms with Crippen LogP contribution in [0.25, 0.3) is 0 Å². The van der Waals surface area contributed by atoms with E-state index in [1.54, 1.807) is 6.20 Å². The number of nitrogens with two attached hydrogens (primary N) is 1. The molecule has 1 aromatic rings. The zero-order valence-electron chi connectivity index (χ0n) is 8.99. The second kappa shape index (κ2) is 4.81. The summed E-state index contributed by atoms with van der Waals surface area (Å²) in [5, 5.41) is 3.26. The first-order valence-corrected chi connectivity index (χ1v) is 4.71. The summed E-state index contributed by atoms with van der Waals surface area (Å²) in [6, 6.07) is 4.01. The summed E-state index contributed by atoms with van der Waals surface area (Å²) < 4.78 is 0. The first kappa shape index (κ1) is 10.8. The highest BCUT2D eigenvalue weighted by molar-refractivity contribution is 5.60. The Morgan fingerprint density at radius 2 is 2.29 bits per heavy atom. The van der Waals surface area contributed by atoms with Crippen LogP contribution in [0.15, 0.2) is 18.3 Å². The van der Waals surface area contributed by atoms with Crippen molar-refractivity contribution in [1.29, 1.82) is 0 Å². The molecule has 1 rings (SSSR count). The highest BCUT2D eigenvalue weighted by Crippen LogP contribution is 2.13. The molecule has 0 spiro atoms. The molecule has 0 bridgehead atoms. The van der Waals surface area contributed by atoms with E-state index in [0.717, 1.165) is 12.4 Å². The molecule has 1 heterocycles. The van der Waals surface area contributed by atoms with E-state index in [9.17, 15) is 0 Å². The van der Waals surface area contributed by atoms with Crippen LogP contribution < -0.4 is 11.1 Å². The average molecular weight is 194 g/mol. The smallest absolute Gasteiger partial charge is 0.149 e. The minimum atomic E-state index is 0.335. The molecule has 0 radical (unpaired) electrons. The van der Waals surface area contributed by atoms with E-state index < -0.39 is 0 Å². The van der Waals surface area contributed by atoms with E-state index in [1.165, 1.54) is 0 Å². The maximum Gasteiger partial charge on any atom is 0.149 e. The van der Waals surface area contributed by atoms with Crippen LogP contribution in [0, 0.1) is 0 Å². The SMILES string of the molecule is CC(CN(C)C)Nc1ncccc1N. The number of rotatable bonds is 4. The average Bonchev–Trinajstić information content (AvgIpc) is 2.07. The van der Waals surface area contributed by atoms with E-state index in [4.69, 9.17) is 5.73 Å². The van der Waals surface area contributed by atoms with Crippen molar-refractivity contribution in [2.45, 2.75) is 13.0 Å². The fraction of sp³-hybridized carbons (Fsp3) is 0.500. The third-order valence-electron chi connectivity index (χ3n) is 1.86. The first-order chi connectivity index (χ1) is 6.59. The normalized spacial score (nSPS) is 12.9. The van der Waals surface area contributed by atoms with Gasteiger partial charge in [-0.05, 0) is 33.2 Å². The van der Waals surface area contributed by atoms with Crippen molar-refractivity contribution in [3.8, 4) is 0 Å². The summed E-state index contributed by atoms with van der Waals surface area (Å²) in [5.74, 6) is 0.766. The monoisotopic (exact) mass is 194 g/mol. The van der Waals surface area contributed by atoms with Gasteiger partial charge in [-0.2, -0.15) is 0 Å². The maximum absolute atomic E-state index is 5.76. The summed E-state index contributed by atoms with van der Waals surface area (Å²) in [4.78, 5) is 6.29. The Morgan fingerprint density at radius 1 is 1.57 bits per heavy atom. The first-order valence-electron chi connectivity index (χ1n) is 4.71. The van der Waals surface area contributed by atoms with Crippen molar-refractivity contribution < 1.29 is 0 Å². The number of nitrogen functional groups attached to an aromatic ring is 1. The predicted octanol–water partition coefficient (Wildman–Crippen LogP) is 1.03. The number of aromatic nitrogens is 1. The minimum absolute atomic E-state index is 0.335. The van der Waals surface area contributed by atoms with Gasteiger partial charge in [0, 0.05) is 18.8 Å². The number of hydrogen-bond acceptors (Lipinski definition) is 4. The van der Waals surface area contributed by atoms with Crippen molar-refractivity contribution in [2.24, 2.45) is 0 Å². The number of likely N-dealkylation sites (N-methyl/N-ethyl adjacent to an activating group) is 1. The molecule has 0 amide bonds. The van der Waals surface area contributed by atoms with Gasteiger partial charge in [0.15, 0.2) is 0 Å². The molecule has 3 N–H and O–H groups in total. The Hall–Kier alpha value is -1.29. The molecule has 1 unspecified atom stereocenters. The van der Waals surface area contributed by atoms with Crippen molar-refractivity contribution in [3.05, 3.63) is 18.3 Å². The van der Waals surface area contributed by atoms with Gasteiger partial charge in [0.25, 0.3) is 0 Å². The molecule has 1 aromatic heterocycles. The molecule has 0 saturated heterocycles. The number of nitrogens with zero attached hydrogens (tertiary/aromatic N) is 2. The lowest BCUT2D eigenvalue weighted by molar-refractivity contribution is 0.392. The lowest BCUT2D eigenvalue weighted by Gasteiger charge is -2.19. The topological polar surface area (TPSA) is 54.2 Å². The van der Waals surface area contributed by atoms with Crippen LogP contribution in [0.3, 0.4) is 0 Å². The number of hydrogen-bond donors (Lipinski definition) is 2. The van der Waals surface area contributed by atoms with Crippen molar-refractivity contribution in [1.82, 2.24) is 9.88 Å². The Balaban J connectivity index is 2.56. The predicted molar refractivity (Wildman–Crippen MR) is 60.3 cm³/mol. The summed E-state index contributed by atoms with van der Waals surface area (Å²) >= 11 is 0. The molecule has 0 aliphatic carbocycles. The maximum atomic E-state index is 5.76. The Kier molecular flexibility index (Phi) is 3.71. The zero-order valence-corrected chi connectivity index (χ0v) is 8.99. The highest BCUT2D eigenvalue weighted by Gasteiger charge is 2.05. The van der Waals surface area contributed by atoms with E-state index in [-0.39, 0.29) is 0 Å². The van der Waals surface area contributed by atoms with Gasteiger partial charge in [0.1, 0.15) is 5.82 Å². The van der Waals surface area contributed by atoms with Crippen LogP contribution in [0.2, 0.25) is 0 Å². The lowest BCUT2D eigenvalue weighted by atomic mass is 10.3. The van der Waals surface area contributed by atoms with Crippen LogP contribution in [-0.2, 0) is 0 Å². The highest BCUT2D eigenvalue weighted by atomic mass is 15.1. The van der Waals surface area contributed by atoms with Gasteiger partial charge in [-0.3, -0.25) is 0 Å². The van der Waals surface area contributed by atoms with Crippen molar-refractivity contribution >= 4 is 11.5 Å². The molecular weight excluding hydrogens is 176 g/mol. The summed E-state index contributed by atoms with van der Waals surface area (Å²) in [7, 11) is 4.08. The second-order valence-corrected chi connectivity index (χ2v) is 3.75. The van der Waals surface area contributed by atoms with Gasteiger partial charge in [-0.15, -0.1) is 0 Å². The fourth-order valence-corrected chi connectivity index (χ4v) is 1.37. The summed E-state index contributed by atoms with van der Waals surface area (Å²) in [5.41, 5.74) is 6.45. The molecule has 0 aliphatic rings. The van der Waals surface area contributed by atoms with E-state index in [1.807, 2.05) is 26.2 Å². The number of nitrogens with one attached hydrogen (secondary N) is 1. The summed E-state index contributed by atoms with van der Waals surface area (Å²) in [6.45, 7) is 3.06. The Bertz CT molecular complexity index is 285. The van der Waals surface area contributed by atoms with Gasteiger partial charge in [0.05, 0.1) is 5.69 Å². The lowest BCUT2D eigenvalue weighted by Crippen LogP contribution is -2.30. The Labute approximate surface area is 85.1 Å². The van der Waals surface area contributed by atoms with Crippen LogP contribution in [0.4, 0.5) is 11.5 Å². The molecule has 4 nitrogen and oxygen atoms in total. The molecule has 4 heteroatoms. The molecule has 0 aliphatic heterocycles. The van der Waals surface area contributed by atoms with Gasteiger partial charge in [-0.25, -0.2) is 4.98 Å². The molecule has 78 valence electrons. The summed E-state index contributed by atoms with van der Waals surface area (Å²) in [6.07, 6.45) is 1.74. The van der Waals surface area contributed by atoms with Crippen molar-refractivity contribution in [3.63, 3.8) is 0 Å². The third kappa shape index (κ3) is 3.22. The molecule has 0 fully saturated rings. The van der Waals surface area contributed by atoms with Gasteiger partial charge >= 0.3 is 0 Å². The van der Waals surface area contributed by atoms with Gasteiger partial charge in [-0.1, -0.05) is 0 Å². The minimum Gasteiger partial charge on any atom is -0.396 e. The van der Waals surface area contributed by atoms with Gasteiger partial charge < -0.3 is 16.0 Å². The van der Waals surface area contributed by atoms with Crippen LogP contribution >= 0.6 is 0 Å². The largest absolute Gasteiger partial charge is 0.396 e. The van der Waals surface area contributed by atoms with Crippen molar-refractivity contribution in [2.75, 3.05) is 31.7 Å². The van der Waals surface area contributed by atoms with Crippen LogP contribution in [0.1, 0.15) is 6.92 Å². The zero-order chi connectivity index (χ0) is 10.6. The van der Waals surface area contributed by atoms with Crippen LogP contribution in [0.5, 0.6) is 0 Å². The quantitative estimate of drug-likeness (QED) is 0.751. The molecule has 0 saturated carbocycles. The number of anilines is 2.